The molecule has 0 fully saturated rings. The molecule has 2 aromatic rings. The summed E-state index contributed by atoms with van der Waals surface area (Å²) >= 11 is 5.83. The van der Waals surface area contributed by atoms with Crippen molar-refractivity contribution >= 4 is 34.3 Å². The van der Waals surface area contributed by atoms with Gasteiger partial charge in [0.05, 0.1) is 27.3 Å². The van der Waals surface area contributed by atoms with Gasteiger partial charge in [-0.15, -0.1) is 0 Å². The Balaban J connectivity index is 1.92. The molecule has 0 saturated heterocycles. The molecule has 0 unspecified atom stereocenters. The van der Waals surface area contributed by atoms with Crippen molar-refractivity contribution in [2.45, 2.75) is 17.9 Å². The van der Waals surface area contributed by atoms with Crippen LogP contribution in [0.3, 0.4) is 0 Å². The van der Waals surface area contributed by atoms with Gasteiger partial charge < -0.3 is 10.1 Å². The van der Waals surface area contributed by atoms with Crippen LogP contribution in [0.15, 0.2) is 53.4 Å². The van der Waals surface area contributed by atoms with Crippen LogP contribution < -0.4 is 5.32 Å². The third-order valence-corrected chi connectivity index (χ3v) is 4.73. The van der Waals surface area contributed by atoms with Crippen LogP contribution in [-0.2, 0) is 20.3 Å². The Morgan fingerprint density at radius 2 is 1.80 bits per heavy atom. The minimum absolute atomic E-state index is 0.196. The molecule has 0 saturated carbocycles. The number of hydrogen-bond acceptors (Lipinski definition) is 4. The lowest BCUT2D eigenvalue weighted by atomic mass is 10.1. The number of carbonyl (C=O) groups excluding carboxylic acids is 2. The average Bonchev–Trinajstić information content (AvgIpc) is 2.60. The first-order chi connectivity index (χ1) is 11.9. The van der Waals surface area contributed by atoms with Gasteiger partial charge in [0.25, 0.3) is 5.91 Å². The molecule has 132 valence electrons. The van der Waals surface area contributed by atoms with Gasteiger partial charge in [0, 0.05) is 11.3 Å². The number of esters is 1. The van der Waals surface area contributed by atoms with Crippen LogP contribution in [0.4, 0.5) is 0 Å². The molecule has 0 aliphatic rings. The maximum absolute atomic E-state index is 12.1. The minimum Gasteiger partial charge on any atom is -0.452 e. The summed E-state index contributed by atoms with van der Waals surface area (Å²) < 4.78 is 16.7. The van der Waals surface area contributed by atoms with E-state index in [1.54, 1.807) is 30.3 Å². The Morgan fingerprint density at radius 3 is 2.44 bits per heavy atom. The van der Waals surface area contributed by atoms with Crippen molar-refractivity contribution in [2.24, 2.45) is 0 Å². The van der Waals surface area contributed by atoms with Crippen molar-refractivity contribution in [3.05, 3.63) is 64.7 Å². The van der Waals surface area contributed by atoms with Crippen LogP contribution in [0, 0.1) is 0 Å². The highest BCUT2D eigenvalue weighted by Crippen LogP contribution is 2.16. The summed E-state index contributed by atoms with van der Waals surface area (Å²) in [5.41, 5.74) is 1.08. The largest absolute Gasteiger partial charge is 0.452 e. The van der Waals surface area contributed by atoms with Gasteiger partial charge in [-0.1, -0.05) is 35.9 Å². The number of amides is 1. The first kappa shape index (κ1) is 19.1. The second kappa shape index (κ2) is 8.78. The molecule has 0 aliphatic carbocycles. The third kappa shape index (κ3) is 5.41. The highest BCUT2D eigenvalue weighted by Gasteiger charge is 2.17. The molecule has 2 atom stereocenters. The molecule has 2 rings (SSSR count). The Hall–Kier alpha value is -2.18. The van der Waals surface area contributed by atoms with Crippen molar-refractivity contribution < 1.29 is 18.5 Å². The lowest BCUT2D eigenvalue weighted by Crippen LogP contribution is -2.31. The Labute approximate surface area is 153 Å². The van der Waals surface area contributed by atoms with E-state index in [0.29, 0.717) is 9.92 Å². The van der Waals surface area contributed by atoms with E-state index in [-0.39, 0.29) is 11.6 Å². The molecule has 7 heteroatoms. The third-order valence-electron chi connectivity index (χ3n) is 3.50. The van der Waals surface area contributed by atoms with Crippen LogP contribution in [0.2, 0.25) is 5.02 Å². The first-order valence-corrected chi connectivity index (χ1v) is 9.46. The fraction of sp³-hybridized carbons (Fsp3) is 0.222. The predicted molar refractivity (Wildman–Crippen MR) is 97.1 cm³/mol. The van der Waals surface area contributed by atoms with Gasteiger partial charge in [0.15, 0.2) is 6.61 Å². The first-order valence-electron chi connectivity index (χ1n) is 7.53. The van der Waals surface area contributed by atoms with E-state index in [0.717, 1.165) is 5.56 Å². The molecule has 0 radical (unpaired) electrons. The Morgan fingerprint density at radius 1 is 1.16 bits per heavy atom. The highest BCUT2D eigenvalue weighted by atomic mass is 35.5. The molecule has 25 heavy (non-hydrogen) atoms. The molecular weight excluding hydrogens is 362 g/mol. The number of ether oxygens (including phenoxy) is 1. The smallest absolute Gasteiger partial charge is 0.339 e. The van der Waals surface area contributed by atoms with Crippen molar-refractivity contribution in [2.75, 3.05) is 12.9 Å². The molecule has 0 heterocycles. The van der Waals surface area contributed by atoms with Crippen molar-refractivity contribution in [1.29, 1.82) is 0 Å². The van der Waals surface area contributed by atoms with Crippen LogP contribution in [0.25, 0.3) is 0 Å². The lowest BCUT2D eigenvalue weighted by Gasteiger charge is -2.14. The number of halogens is 1. The van der Waals surface area contributed by atoms with Gasteiger partial charge in [-0.05, 0) is 36.8 Å². The summed E-state index contributed by atoms with van der Waals surface area (Å²) in [4.78, 5) is 24.5. The van der Waals surface area contributed by atoms with E-state index in [9.17, 15) is 13.8 Å². The average molecular weight is 380 g/mol. The monoisotopic (exact) mass is 379 g/mol. The number of hydrogen-bond donors (Lipinski definition) is 1. The second-order valence-corrected chi connectivity index (χ2v) is 7.15. The van der Waals surface area contributed by atoms with Crippen molar-refractivity contribution in [3.8, 4) is 0 Å². The van der Waals surface area contributed by atoms with Gasteiger partial charge in [-0.25, -0.2) is 4.79 Å². The normalized spacial score (nSPS) is 12.9. The SMILES string of the molecule is C[C@@H](NC(=O)COC(=O)c1ccccc1[S@@](C)=O)c1ccc(Cl)cc1. The van der Waals surface area contributed by atoms with Crippen LogP contribution >= 0.6 is 11.6 Å². The minimum atomic E-state index is -1.32. The van der Waals surface area contributed by atoms with E-state index < -0.39 is 29.3 Å². The van der Waals surface area contributed by atoms with Gasteiger partial charge >= 0.3 is 5.97 Å². The Kier molecular flexibility index (Phi) is 6.73. The van der Waals surface area contributed by atoms with E-state index in [1.165, 1.54) is 12.3 Å². The van der Waals surface area contributed by atoms with Crippen LogP contribution in [0.5, 0.6) is 0 Å². The van der Waals surface area contributed by atoms with Gasteiger partial charge in [-0.2, -0.15) is 0 Å². The van der Waals surface area contributed by atoms with Crippen LogP contribution in [-0.4, -0.2) is 28.9 Å². The number of rotatable bonds is 6. The van der Waals surface area contributed by atoms with Gasteiger partial charge in [0.2, 0.25) is 0 Å². The molecule has 0 aliphatic heterocycles. The fourth-order valence-electron chi connectivity index (χ4n) is 2.21. The van der Waals surface area contributed by atoms with Crippen molar-refractivity contribution in [1.82, 2.24) is 5.32 Å². The maximum atomic E-state index is 12.1. The van der Waals surface area contributed by atoms with E-state index >= 15 is 0 Å². The standard InChI is InChI=1S/C18H18ClNO4S/c1-12(13-7-9-14(19)10-8-13)20-17(21)11-24-18(22)15-5-3-4-6-16(15)25(2)23/h3-10,12H,11H2,1-2H3,(H,20,21)/t12-,25-/m1/s1. The summed E-state index contributed by atoms with van der Waals surface area (Å²) in [6, 6.07) is 13.3. The summed E-state index contributed by atoms with van der Waals surface area (Å²) in [6.45, 7) is 1.40. The van der Waals surface area contributed by atoms with Crippen LogP contribution in [0.1, 0.15) is 28.9 Å². The molecule has 0 spiro atoms. The highest BCUT2D eigenvalue weighted by molar-refractivity contribution is 7.84. The molecule has 1 N–H and O–H groups in total. The quantitative estimate of drug-likeness (QED) is 0.783. The summed E-state index contributed by atoms with van der Waals surface area (Å²) in [7, 11) is -1.32. The lowest BCUT2D eigenvalue weighted by molar-refractivity contribution is -0.124. The molecule has 1 amide bonds. The number of carbonyl (C=O) groups is 2. The maximum Gasteiger partial charge on any atom is 0.339 e. The van der Waals surface area contributed by atoms with Gasteiger partial charge in [0.1, 0.15) is 0 Å². The number of nitrogens with one attached hydrogen (secondary N) is 1. The Bertz CT molecular complexity index is 792. The number of benzene rings is 2. The second-order valence-electron chi connectivity index (χ2n) is 5.37. The van der Waals surface area contributed by atoms with E-state index in [4.69, 9.17) is 16.3 Å². The molecule has 2 aromatic carbocycles. The summed E-state index contributed by atoms with van der Waals surface area (Å²) in [5, 5.41) is 3.35. The van der Waals surface area contributed by atoms with Crippen molar-refractivity contribution in [3.63, 3.8) is 0 Å². The zero-order chi connectivity index (χ0) is 18.4. The predicted octanol–water partition coefficient (Wildman–Crippen LogP) is 3.11. The zero-order valence-corrected chi connectivity index (χ0v) is 15.4. The zero-order valence-electron chi connectivity index (χ0n) is 13.8. The topological polar surface area (TPSA) is 72.5 Å². The summed E-state index contributed by atoms with van der Waals surface area (Å²) in [6.07, 6.45) is 1.48. The molecule has 0 aromatic heterocycles. The fourth-order valence-corrected chi connectivity index (χ4v) is 3.07. The van der Waals surface area contributed by atoms with Gasteiger partial charge in [-0.3, -0.25) is 9.00 Å². The molecular formula is C18H18ClNO4S. The molecule has 0 bridgehead atoms. The molecule has 5 nitrogen and oxygen atoms in total. The van der Waals surface area contributed by atoms with E-state index in [2.05, 4.69) is 5.32 Å². The summed E-state index contributed by atoms with van der Waals surface area (Å²) in [5.74, 6) is -1.11. The van der Waals surface area contributed by atoms with E-state index in [1.807, 2.05) is 19.1 Å².